The molecule has 102 valence electrons. The van der Waals surface area contributed by atoms with Gasteiger partial charge in [-0.1, -0.05) is 6.07 Å². The molecule has 5 nitrogen and oxygen atoms in total. The SMILES string of the molecule is CC(C)N1CC(CNC(=O)c2ccccn2)CC1=O. The molecule has 5 heteroatoms. The second-order valence-electron chi connectivity index (χ2n) is 5.14. The van der Waals surface area contributed by atoms with E-state index in [4.69, 9.17) is 0 Å². The van der Waals surface area contributed by atoms with Gasteiger partial charge in [-0.15, -0.1) is 0 Å². The molecule has 1 N–H and O–H groups in total. The molecule has 1 unspecified atom stereocenters. The van der Waals surface area contributed by atoms with Gasteiger partial charge < -0.3 is 10.2 Å². The zero-order valence-corrected chi connectivity index (χ0v) is 11.3. The molecule has 2 amide bonds. The molecule has 0 aliphatic carbocycles. The molecule has 2 heterocycles. The van der Waals surface area contributed by atoms with Crippen molar-refractivity contribution in [2.24, 2.45) is 5.92 Å². The van der Waals surface area contributed by atoms with E-state index in [1.165, 1.54) is 0 Å². The number of carbonyl (C=O) groups excluding carboxylic acids is 2. The van der Waals surface area contributed by atoms with Crippen LogP contribution in [0.15, 0.2) is 24.4 Å². The topological polar surface area (TPSA) is 62.3 Å². The molecule has 1 aliphatic rings. The minimum absolute atomic E-state index is 0.173. The minimum atomic E-state index is -0.184. The number of nitrogens with zero attached hydrogens (tertiary/aromatic N) is 2. The van der Waals surface area contributed by atoms with E-state index in [0.29, 0.717) is 18.7 Å². The first-order valence-electron chi connectivity index (χ1n) is 6.56. The van der Waals surface area contributed by atoms with Crippen LogP contribution >= 0.6 is 0 Å². The lowest BCUT2D eigenvalue weighted by atomic mass is 10.1. The third-order valence-corrected chi connectivity index (χ3v) is 3.31. The summed E-state index contributed by atoms with van der Waals surface area (Å²) in [5.41, 5.74) is 0.410. The Hall–Kier alpha value is -1.91. The Balaban J connectivity index is 1.84. The molecule has 0 bridgehead atoms. The van der Waals surface area contributed by atoms with Gasteiger partial charge >= 0.3 is 0 Å². The van der Waals surface area contributed by atoms with Gasteiger partial charge in [-0.2, -0.15) is 0 Å². The Kier molecular flexibility index (Phi) is 4.14. The van der Waals surface area contributed by atoms with E-state index in [1.807, 2.05) is 18.7 Å². The van der Waals surface area contributed by atoms with Crippen molar-refractivity contribution in [1.82, 2.24) is 15.2 Å². The van der Waals surface area contributed by atoms with Crippen molar-refractivity contribution in [2.75, 3.05) is 13.1 Å². The number of hydrogen-bond acceptors (Lipinski definition) is 3. The summed E-state index contributed by atoms with van der Waals surface area (Å²) in [6.07, 6.45) is 2.11. The molecule has 1 atom stereocenters. The van der Waals surface area contributed by atoms with E-state index in [9.17, 15) is 9.59 Å². The van der Waals surface area contributed by atoms with E-state index < -0.39 is 0 Å². The third-order valence-electron chi connectivity index (χ3n) is 3.31. The molecule has 19 heavy (non-hydrogen) atoms. The van der Waals surface area contributed by atoms with Crippen molar-refractivity contribution in [1.29, 1.82) is 0 Å². The Morgan fingerprint density at radius 1 is 1.53 bits per heavy atom. The van der Waals surface area contributed by atoms with Gasteiger partial charge in [0.2, 0.25) is 5.91 Å². The highest BCUT2D eigenvalue weighted by molar-refractivity contribution is 5.92. The normalized spacial score (nSPS) is 19.0. The number of likely N-dealkylation sites (tertiary alicyclic amines) is 1. The Morgan fingerprint density at radius 3 is 2.89 bits per heavy atom. The maximum atomic E-state index is 11.8. The molecule has 0 radical (unpaired) electrons. The number of rotatable bonds is 4. The van der Waals surface area contributed by atoms with Crippen LogP contribution in [0.1, 0.15) is 30.8 Å². The second kappa shape index (κ2) is 5.82. The fourth-order valence-electron chi connectivity index (χ4n) is 2.27. The largest absolute Gasteiger partial charge is 0.350 e. The van der Waals surface area contributed by atoms with Gasteiger partial charge in [0.05, 0.1) is 0 Å². The van der Waals surface area contributed by atoms with E-state index in [2.05, 4.69) is 10.3 Å². The summed E-state index contributed by atoms with van der Waals surface area (Å²) in [6.45, 7) is 5.25. The van der Waals surface area contributed by atoms with Crippen molar-refractivity contribution in [2.45, 2.75) is 26.3 Å². The molecule has 0 aromatic carbocycles. The predicted molar refractivity (Wildman–Crippen MR) is 71.5 cm³/mol. The average molecular weight is 261 g/mol. The maximum Gasteiger partial charge on any atom is 0.269 e. The van der Waals surface area contributed by atoms with Gasteiger partial charge in [-0.25, -0.2) is 0 Å². The lowest BCUT2D eigenvalue weighted by Gasteiger charge is -2.21. The molecule has 2 rings (SSSR count). The summed E-state index contributed by atoms with van der Waals surface area (Å²) < 4.78 is 0. The standard InChI is InChI=1S/C14H19N3O2/c1-10(2)17-9-11(7-13(17)18)8-16-14(19)12-5-3-4-6-15-12/h3-6,10-11H,7-9H2,1-2H3,(H,16,19). The number of aromatic nitrogens is 1. The highest BCUT2D eigenvalue weighted by Gasteiger charge is 2.31. The quantitative estimate of drug-likeness (QED) is 0.881. The van der Waals surface area contributed by atoms with Gasteiger partial charge in [0, 0.05) is 37.7 Å². The molecule has 1 aliphatic heterocycles. The Bertz CT molecular complexity index is 459. The van der Waals surface area contributed by atoms with Crippen LogP contribution in [0.2, 0.25) is 0 Å². The maximum absolute atomic E-state index is 11.8. The van der Waals surface area contributed by atoms with Crippen LogP contribution in [-0.2, 0) is 4.79 Å². The zero-order valence-electron chi connectivity index (χ0n) is 11.3. The molecular formula is C14H19N3O2. The number of amides is 2. The zero-order chi connectivity index (χ0) is 13.8. The van der Waals surface area contributed by atoms with Crippen LogP contribution in [0.3, 0.4) is 0 Å². The lowest BCUT2D eigenvalue weighted by Crippen LogP contribution is -2.34. The first kappa shape index (κ1) is 13.5. The monoisotopic (exact) mass is 261 g/mol. The van der Waals surface area contributed by atoms with Crippen LogP contribution < -0.4 is 5.32 Å². The fraction of sp³-hybridized carbons (Fsp3) is 0.500. The van der Waals surface area contributed by atoms with Crippen molar-refractivity contribution in [3.05, 3.63) is 30.1 Å². The molecule has 0 saturated carbocycles. The van der Waals surface area contributed by atoms with Crippen molar-refractivity contribution >= 4 is 11.8 Å². The minimum Gasteiger partial charge on any atom is -0.350 e. The van der Waals surface area contributed by atoms with E-state index in [0.717, 1.165) is 6.54 Å². The van der Waals surface area contributed by atoms with Crippen LogP contribution in [0.5, 0.6) is 0 Å². The van der Waals surface area contributed by atoms with Crippen LogP contribution in [0, 0.1) is 5.92 Å². The first-order chi connectivity index (χ1) is 9.08. The highest BCUT2D eigenvalue weighted by atomic mass is 16.2. The fourth-order valence-corrected chi connectivity index (χ4v) is 2.27. The summed E-state index contributed by atoms with van der Waals surface area (Å²) >= 11 is 0. The third kappa shape index (κ3) is 3.30. The number of nitrogens with one attached hydrogen (secondary N) is 1. The molecule has 1 saturated heterocycles. The highest BCUT2D eigenvalue weighted by Crippen LogP contribution is 2.19. The summed E-state index contributed by atoms with van der Waals surface area (Å²) in [5, 5.41) is 2.84. The Morgan fingerprint density at radius 2 is 2.32 bits per heavy atom. The Labute approximate surface area is 113 Å². The van der Waals surface area contributed by atoms with Gasteiger partial charge in [-0.05, 0) is 26.0 Å². The molecular weight excluding hydrogens is 242 g/mol. The summed E-state index contributed by atoms with van der Waals surface area (Å²) in [5.74, 6) is 0.186. The van der Waals surface area contributed by atoms with Crippen LogP contribution in [0.25, 0.3) is 0 Å². The second-order valence-corrected chi connectivity index (χ2v) is 5.14. The molecule has 1 aromatic rings. The van der Waals surface area contributed by atoms with Crippen molar-refractivity contribution < 1.29 is 9.59 Å². The van der Waals surface area contributed by atoms with Crippen LogP contribution in [0.4, 0.5) is 0 Å². The molecule has 0 spiro atoms. The number of carbonyl (C=O) groups is 2. The van der Waals surface area contributed by atoms with E-state index in [-0.39, 0.29) is 23.8 Å². The van der Waals surface area contributed by atoms with Gasteiger partial charge in [0.15, 0.2) is 0 Å². The summed E-state index contributed by atoms with van der Waals surface area (Å²) in [7, 11) is 0. The first-order valence-corrected chi connectivity index (χ1v) is 6.56. The average Bonchev–Trinajstić information content (AvgIpc) is 2.78. The summed E-state index contributed by atoms with van der Waals surface area (Å²) in [6, 6.07) is 5.45. The number of pyridine rings is 1. The van der Waals surface area contributed by atoms with E-state index >= 15 is 0 Å². The van der Waals surface area contributed by atoms with Crippen molar-refractivity contribution in [3.8, 4) is 0 Å². The molecule has 1 fully saturated rings. The van der Waals surface area contributed by atoms with Gasteiger partial charge in [0.25, 0.3) is 5.91 Å². The van der Waals surface area contributed by atoms with Crippen molar-refractivity contribution in [3.63, 3.8) is 0 Å². The van der Waals surface area contributed by atoms with Gasteiger partial charge in [0.1, 0.15) is 5.69 Å². The van der Waals surface area contributed by atoms with E-state index in [1.54, 1.807) is 24.4 Å². The lowest BCUT2D eigenvalue weighted by molar-refractivity contribution is -0.129. The van der Waals surface area contributed by atoms with Gasteiger partial charge in [-0.3, -0.25) is 14.6 Å². The number of hydrogen-bond donors (Lipinski definition) is 1. The molecule has 1 aromatic heterocycles. The summed E-state index contributed by atoms with van der Waals surface area (Å²) in [4.78, 5) is 29.4. The smallest absolute Gasteiger partial charge is 0.269 e. The predicted octanol–water partition coefficient (Wildman–Crippen LogP) is 1.07. The van der Waals surface area contributed by atoms with Crippen LogP contribution in [-0.4, -0.2) is 40.8 Å².